The van der Waals surface area contributed by atoms with Crippen LogP contribution < -0.4 is 0 Å². The Hall–Kier alpha value is -3.41. The van der Waals surface area contributed by atoms with Gasteiger partial charge in [0.1, 0.15) is 13.2 Å². The molecule has 372 valence electrons. The zero-order valence-electron chi connectivity index (χ0n) is 42.5. The Bertz CT molecular complexity index is 1270. The van der Waals surface area contributed by atoms with E-state index in [1.807, 2.05) is 0 Å². The molecule has 1 atom stereocenters. The van der Waals surface area contributed by atoms with Crippen LogP contribution in [0.5, 0.6) is 0 Å². The van der Waals surface area contributed by atoms with Crippen LogP contribution >= 0.6 is 0 Å². The molecule has 0 bridgehead atoms. The lowest BCUT2D eigenvalue weighted by molar-refractivity contribution is -0.167. The minimum atomic E-state index is -0.785. The van der Waals surface area contributed by atoms with Crippen molar-refractivity contribution in [2.75, 3.05) is 13.2 Å². The highest BCUT2D eigenvalue weighted by molar-refractivity contribution is 5.71. The predicted octanol–water partition coefficient (Wildman–Crippen LogP) is 18.0. The van der Waals surface area contributed by atoms with Crippen LogP contribution in [-0.4, -0.2) is 37.2 Å². The Kier molecular flexibility index (Phi) is 50.4. The molecule has 0 aliphatic carbocycles. The first kappa shape index (κ1) is 61.6. The Morgan fingerprint density at radius 2 is 0.600 bits per heavy atom. The lowest BCUT2D eigenvalue weighted by atomic mass is 10.0. The first-order valence-corrected chi connectivity index (χ1v) is 27.1. The van der Waals surface area contributed by atoms with Crippen molar-refractivity contribution in [1.82, 2.24) is 0 Å². The van der Waals surface area contributed by atoms with Crippen LogP contribution in [0.4, 0.5) is 0 Å². The fourth-order valence-corrected chi connectivity index (χ4v) is 7.36. The molecule has 0 saturated heterocycles. The summed E-state index contributed by atoms with van der Waals surface area (Å²) in [5.41, 5.74) is 0. The molecule has 0 radical (unpaired) electrons. The molecule has 0 aromatic rings. The first-order chi connectivity index (χ1) is 32.0. The number of carbonyl (C=O) groups is 3. The fourth-order valence-electron chi connectivity index (χ4n) is 7.36. The standard InChI is InChI=1S/C59H100O6/c1-4-7-10-13-16-18-20-22-24-26-27-28-29-30-31-32-33-34-36-37-39-41-43-46-49-52-58(61)64-55-56(54-63-57(60)51-48-45-15-12-9-6-3)65-59(62)53-50-47-44-42-40-38-35-25-23-21-19-17-14-11-8-5-2/h7,10,16,18,22,24,27-28,30-31,33-34,37,39,56H,4-6,8-9,11-15,17,19-21,23,25-26,29,32,35-36,38,40-55H2,1-3H3/b10-7-,18-16-,24-22-,28-27-,31-30-,34-33-,39-37-. The lowest BCUT2D eigenvalue weighted by Crippen LogP contribution is -2.30. The summed E-state index contributed by atoms with van der Waals surface area (Å²) < 4.78 is 16.7. The van der Waals surface area contributed by atoms with Gasteiger partial charge in [0.25, 0.3) is 0 Å². The predicted molar refractivity (Wildman–Crippen MR) is 279 cm³/mol. The van der Waals surface area contributed by atoms with Gasteiger partial charge in [0.15, 0.2) is 6.10 Å². The normalized spacial score (nSPS) is 12.7. The molecule has 0 aliphatic rings. The average Bonchev–Trinajstić information content (AvgIpc) is 3.30. The van der Waals surface area contributed by atoms with Crippen LogP contribution in [0.15, 0.2) is 85.1 Å². The van der Waals surface area contributed by atoms with Crippen molar-refractivity contribution in [3.8, 4) is 0 Å². The molecule has 0 heterocycles. The lowest BCUT2D eigenvalue weighted by Gasteiger charge is -2.18. The summed E-state index contributed by atoms with van der Waals surface area (Å²) >= 11 is 0. The molecule has 0 N–H and O–H groups in total. The number of rotatable bonds is 48. The number of hydrogen-bond donors (Lipinski definition) is 0. The minimum absolute atomic E-state index is 0.0858. The number of unbranched alkanes of at least 4 members (excludes halogenated alkanes) is 23. The van der Waals surface area contributed by atoms with E-state index < -0.39 is 6.10 Å². The Morgan fingerprint density at radius 3 is 0.938 bits per heavy atom. The van der Waals surface area contributed by atoms with Gasteiger partial charge >= 0.3 is 17.9 Å². The molecule has 0 saturated carbocycles. The van der Waals surface area contributed by atoms with E-state index in [9.17, 15) is 14.4 Å². The van der Waals surface area contributed by atoms with Crippen LogP contribution in [0.25, 0.3) is 0 Å². The van der Waals surface area contributed by atoms with Gasteiger partial charge in [-0.2, -0.15) is 0 Å². The van der Waals surface area contributed by atoms with Crippen LogP contribution in [0.2, 0.25) is 0 Å². The Labute approximate surface area is 401 Å². The maximum absolute atomic E-state index is 12.8. The van der Waals surface area contributed by atoms with E-state index in [0.717, 1.165) is 109 Å². The van der Waals surface area contributed by atoms with Crippen molar-refractivity contribution in [2.45, 2.75) is 258 Å². The maximum atomic E-state index is 12.8. The molecule has 6 nitrogen and oxygen atoms in total. The summed E-state index contributed by atoms with van der Waals surface area (Å²) in [4.78, 5) is 37.8. The second kappa shape index (κ2) is 53.2. The molecular weight excluding hydrogens is 805 g/mol. The Morgan fingerprint density at radius 1 is 0.323 bits per heavy atom. The molecule has 0 fully saturated rings. The van der Waals surface area contributed by atoms with Crippen molar-refractivity contribution >= 4 is 17.9 Å². The third kappa shape index (κ3) is 51.4. The number of allylic oxidation sites excluding steroid dienone is 14. The van der Waals surface area contributed by atoms with Crippen LogP contribution in [-0.2, 0) is 28.6 Å². The summed E-state index contributed by atoms with van der Waals surface area (Å²) in [6.45, 7) is 6.44. The zero-order chi connectivity index (χ0) is 47.2. The van der Waals surface area contributed by atoms with E-state index in [-0.39, 0.29) is 31.1 Å². The monoisotopic (exact) mass is 905 g/mol. The molecule has 6 heteroatoms. The first-order valence-electron chi connectivity index (χ1n) is 27.1. The molecule has 1 unspecified atom stereocenters. The third-order valence-corrected chi connectivity index (χ3v) is 11.4. The summed E-state index contributed by atoms with van der Waals surface area (Å²) in [5, 5.41) is 0. The van der Waals surface area contributed by atoms with Crippen molar-refractivity contribution in [1.29, 1.82) is 0 Å². The highest BCUT2D eigenvalue weighted by Gasteiger charge is 2.19. The average molecular weight is 905 g/mol. The van der Waals surface area contributed by atoms with Gasteiger partial charge in [0.05, 0.1) is 0 Å². The van der Waals surface area contributed by atoms with Gasteiger partial charge in [-0.15, -0.1) is 0 Å². The van der Waals surface area contributed by atoms with Gasteiger partial charge in [-0.05, 0) is 77.0 Å². The van der Waals surface area contributed by atoms with Gasteiger partial charge < -0.3 is 14.2 Å². The zero-order valence-corrected chi connectivity index (χ0v) is 42.5. The van der Waals surface area contributed by atoms with Crippen molar-refractivity contribution < 1.29 is 28.6 Å². The molecule has 0 amide bonds. The summed E-state index contributed by atoms with van der Waals surface area (Å²) in [5.74, 6) is -0.926. The van der Waals surface area contributed by atoms with E-state index in [2.05, 4.69) is 106 Å². The molecule has 0 aromatic carbocycles. The minimum Gasteiger partial charge on any atom is -0.462 e. The van der Waals surface area contributed by atoms with E-state index in [1.165, 1.54) is 103 Å². The quantitative estimate of drug-likeness (QED) is 0.0262. The smallest absolute Gasteiger partial charge is 0.306 e. The second-order valence-electron chi connectivity index (χ2n) is 17.8. The maximum Gasteiger partial charge on any atom is 0.306 e. The molecule has 0 aromatic heterocycles. The fraction of sp³-hybridized carbons (Fsp3) is 0.712. The van der Waals surface area contributed by atoms with E-state index in [1.54, 1.807) is 0 Å². The van der Waals surface area contributed by atoms with Crippen molar-refractivity contribution in [2.24, 2.45) is 0 Å². The Balaban J connectivity index is 4.25. The number of ether oxygens (including phenoxy) is 3. The van der Waals surface area contributed by atoms with Crippen LogP contribution in [0, 0.1) is 0 Å². The van der Waals surface area contributed by atoms with Gasteiger partial charge in [-0.3, -0.25) is 14.4 Å². The van der Waals surface area contributed by atoms with E-state index >= 15 is 0 Å². The van der Waals surface area contributed by atoms with Crippen molar-refractivity contribution in [3.05, 3.63) is 85.1 Å². The number of esters is 3. The summed E-state index contributed by atoms with van der Waals surface area (Å²) in [7, 11) is 0. The van der Waals surface area contributed by atoms with Crippen LogP contribution in [0.3, 0.4) is 0 Å². The third-order valence-electron chi connectivity index (χ3n) is 11.4. The SMILES string of the molecule is CC/C=C\C/C=C\C/C=C\C/C=C\C/C=C\C/C=C\C/C=C\CCCCCC(=O)OCC(COC(=O)CCCCCCCC)OC(=O)CCCCCCCCCCCCCCCCCC. The topological polar surface area (TPSA) is 78.9 Å². The largest absolute Gasteiger partial charge is 0.462 e. The highest BCUT2D eigenvalue weighted by Crippen LogP contribution is 2.15. The molecule has 0 aliphatic heterocycles. The summed E-state index contributed by atoms with van der Waals surface area (Å²) in [6, 6.07) is 0. The van der Waals surface area contributed by atoms with Crippen molar-refractivity contribution in [3.63, 3.8) is 0 Å². The van der Waals surface area contributed by atoms with Crippen LogP contribution in [0.1, 0.15) is 252 Å². The van der Waals surface area contributed by atoms with E-state index in [4.69, 9.17) is 14.2 Å². The number of carbonyl (C=O) groups excluding carboxylic acids is 3. The molecule has 0 spiro atoms. The van der Waals surface area contributed by atoms with Gasteiger partial charge in [-0.25, -0.2) is 0 Å². The molecule has 0 rings (SSSR count). The van der Waals surface area contributed by atoms with Gasteiger partial charge in [0, 0.05) is 19.3 Å². The molecule has 65 heavy (non-hydrogen) atoms. The van der Waals surface area contributed by atoms with Gasteiger partial charge in [0.2, 0.25) is 0 Å². The second-order valence-corrected chi connectivity index (χ2v) is 17.8. The highest BCUT2D eigenvalue weighted by atomic mass is 16.6. The van der Waals surface area contributed by atoms with Gasteiger partial charge in [-0.1, -0.05) is 241 Å². The number of hydrogen-bond acceptors (Lipinski definition) is 6. The summed E-state index contributed by atoms with van der Waals surface area (Å²) in [6.07, 6.45) is 68.8. The molecular formula is C59H100O6. The van der Waals surface area contributed by atoms with E-state index in [0.29, 0.717) is 19.3 Å².